The van der Waals surface area contributed by atoms with Crippen LogP contribution in [0.2, 0.25) is 0 Å². The zero-order valence-electron chi connectivity index (χ0n) is 14.6. The van der Waals surface area contributed by atoms with Gasteiger partial charge in [-0.3, -0.25) is 4.68 Å². The van der Waals surface area contributed by atoms with Crippen molar-refractivity contribution in [2.24, 2.45) is 5.14 Å². The number of aromatic nitrogens is 2. The van der Waals surface area contributed by atoms with E-state index < -0.39 is 10.0 Å². The van der Waals surface area contributed by atoms with Crippen LogP contribution in [0.5, 0.6) is 0 Å². The van der Waals surface area contributed by atoms with Crippen LogP contribution in [-0.4, -0.2) is 23.3 Å². The molecular formula is C18H19N5O2S2. The van der Waals surface area contributed by atoms with Crippen LogP contribution in [-0.2, 0) is 16.6 Å². The number of aryl methyl sites for hydroxylation is 1. The fraction of sp³-hybridized carbons (Fsp3) is 0.111. The van der Waals surface area contributed by atoms with Gasteiger partial charge in [-0.25, -0.2) is 13.6 Å². The fourth-order valence-corrected chi connectivity index (χ4v) is 3.17. The van der Waals surface area contributed by atoms with Gasteiger partial charge in [-0.2, -0.15) is 5.10 Å². The Hall–Kier alpha value is -2.75. The molecule has 4 N–H and O–H groups in total. The lowest BCUT2D eigenvalue weighted by Crippen LogP contribution is -2.19. The predicted molar refractivity (Wildman–Crippen MR) is 110 cm³/mol. The second-order valence-corrected chi connectivity index (χ2v) is 8.03. The van der Waals surface area contributed by atoms with Gasteiger partial charge < -0.3 is 10.6 Å². The van der Waals surface area contributed by atoms with Gasteiger partial charge in [0.1, 0.15) is 0 Å². The maximum absolute atomic E-state index is 11.3. The van der Waals surface area contributed by atoms with Crippen LogP contribution in [0.4, 0.5) is 11.4 Å². The zero-order valence-corrected chi connectivity index (χ0v) is 16.2. The van der Waals surface area contributed by atoms with Crippen molar-refractivity contribution < 1.29 is 8.42 Å². The molecule has 0 fully saturated rings. The molecule has 0 amide bonds. The molecular weight excluding hydrogens is 382 g/mol. The minimum absolute atomic E-state index is 0.0457. The Morgan fingerprint density at radius 2 is 1.70 bits per heavy atom. The molecule has 0 aliphatic rings. The van der Waals surface area contributed by atoms with Crippen molar-refractivity contribution in [2.75, 3.05) is 10.6 Å². The van der Waals surface area contributed by atoms with Gasteiger partial charge in [-0.05, 0) is 49.0 Å². The van der Waals surface area contributed by atoms with Gasteiger partial charge in [0.2, 0.25) is 10.0 Å². The van der Waals surface area contributed by atoms with Gasteiger partial charge in [0.25, 0.3) is 0 Å². The SMILES string of the molecule is Cc1ccc(Cn2cc(NC(=S)Nc3ccc(S(N)(=O)=O)cc3)cn2)cc1. The van der Waals surface area contributed by atoms with Crippen LogP contribution in [0.3, 0.4) is 0 Å². The van der Waals surface area contributed by atoms with Crippen molar-refractivity contribution in [3.8, 4) is 0 Å². The smallest absolute Gasteiger partial charge is 0.238 e. The number of nitrogens with two attached hydrogens (primary N) is 1. The van der Waals surface area contributed by atoms with Crippen molar-refractivity contribution in [3.05, 3.63) is 72.1 Å². The normalized spacial score (nSPS) is 11.2. The number of benzene rings is 2. The first-order chi connectivity index (χ1) is 12.8. The number of hydrogen-bond acceptors (Lipinski definition) is 4. The minimum Gasteiger partial charge on any atom is -0.332 e. The number of hydrogen-bond donors (Lipinski definition) is 3. The molecule has 0 spiro atoms. The van der Waals surface area contributed by atoms with Crippen molar-refractivity contribution >= 4 is 38.7 Å². The molecule has 27 heavy (non-hydrogen) atoms. The summed E-state index contributed by atoms with van der Waals surface area (Å²) in [5.41, 5.74) is 3.77. The van der Waals surface area contributed by atoms with Gasteiger partial charge in [0.05, 0.1) is 23.3 Å². The van der Waals surface area contributed by atoms with E-state index in [-0.39, 0.29) is 4.90 Å². The van der Waals surface area contributed by atoms with Crippen LogP contribution < -0.4 is 15.8 Å². The molecule has 2 aromatic carbocycles. The van der Waals surface area contributed by atoms with Crippen LogP contribution in [0, 0.1) is 6.92 Å². The summed E-state index contributed by atoms with van der Waals surface area (Å²) < 4.78 is 24.4. The maximum Gasteiger partial charge on any atom is 0.238 e. The lowest BCUT2D eigenvalue weighted by atomic mass is 10.1. The van der Waals surface area contributed by atoms with Crippen molar-refractivity contribution in [1.29, 1.82) is 0 Å². The van der Waals surface area contributed by atoms with E-state index >= 15 is 0 Å². The molecule has 0 unspecified atom stereocenters. The second-order valence-electron chi connectivity index (χ2n) is 6.06. The molecule has 0 atom stereocenters. The number of nitrogens with one attached hydrogen (secondary N) is 2. The molecule has 140 valence electrons. The average Bonchev–Trinajstić information content (AvgIpc) is 3.03. The highest BCUT2D eigenvalue weighted by Crippen LogP contribution is 2.14. The maximum atomic E-state index is 11.3. The van der Waals surface area contributed by atoms with E-state index in [1.54, 1.807) is 18.3 Å². The molecule has 7 nitrogen and oxygen atoms in total. The highest BCUT2D eigenvalue weighted by molar-refractivity contribution is 7.89. The molecule has 0 aliphatic heterocycles. The third-order valence-corrected chi connectivity index (χ3v) is 4.93. The summed E-state index contributed by atoms with van der Waals surface area (Å²) in [6, 6.07) is 14.3. The van der Waals surface area contributed by atoms with E-state index in [1.807, 2.05) is 10.9 Å². The van der Waals surface area contributed by atoms with E-state index in [9.17, 15) is 8.42 Å². The first kappa shape index (κ1) is 19.0. The average molecular weight is 402 g/mol. The van der Waals surface area contributed by atoms with Crippen molar-refractivity contribution in [1.82, 2.24) is 9.78 Å². The van der Waals surface area contributed by atoms with E-state index in [0.717, 1.165) is 11.3 Å². The Labute approximate surface area is 163 Å². The summed E-state index contributed by atoms with van der Waals surface area (Å²) in [6.07, 6.45) is 3.55. The Kier molecular flexibility index (Phi) is 5.54. The molecule has 0 radical (unpaired) electrons. The molecule has 0 saturated heterocycles. The number of sulfonamides is 1. The lowest BCUT2D eigenvalue weighted by Gasteiger charge is -2.09. The molecule has 3 rings (SSSR count). The summed E-state index contributed by atoms with van der Waals surface area (Å²) in [7, 11) is -3.71. The number of thiocarbonyl (C=S) groups is 1. The second kappa shape index (κ2) is 7.87. The van der Waals surface area contributed by atoms with Gasteiger partial charge in [0.15, 0.2) is 5.11 Å². The monoisotopic (exact) mass is 401 g/mol. The Balaban J connectivity index is 1.58. The highest BCUT2D eigenvalue weighted by Gasteiger charge is 2.07. The first-order valence-corrected chi connectivity index (χ1v) is 10.0. The minimum atomic E-state index is -3.71. The number of primary sulfonamides is 1. The molecule has 0 aliphatic carbocycles. The third-order valence-electron chi connectivity index (χ3n) is 3.80. The molecule has 0 bridgehead atoms. The van der Waals surface area contributed by atoms with Crippen molar-refractivity contribution in [3.63, 3.8) is 0 Å². The number of rotatable bonds is 5. The molecule has 3 aromatic rings. The van der Waals surface area contributed by atoms with Crippen LogP contribution >= 0.6 is 12.2 Å². The summed E-state index contributed by atoms with van der Waals surface area (Å²) in [6.45, 7) is 2.72. The van der Waals surface area contributed by atoms with Crippen LogP contribution in [0.15, 0.2) is 65.8 Å². The number of anilines is 2. The molecule has 0 saturated carbocycles. The summed E-state index contributed by atoms with van der Waals surface area (Å²) >= 11 is 5.28. The molecule has 1 aromatic heterocycles. The van der Waals surface area contributed by atoms with Crippen LogP contribution in [0.25, 0.3) is 0 Å². The third kappa shape index (κ3) is 5.36. The summed E-state index contributed by atoms with van der Waals surface area (Å²) in [5.74, 6) is 0. The van der Waals surface area contributed by atoms with Gasteiger partial charge in [-0.1, -0.05) is 29.8 Å². The van der Waals surface area contributed by atoms with Gasteiger partial charge >= 0.3 is 0 Å². The topological polar surface area (TPSA) is 102 Å². The lowest BCUT2D eigenvalue weighted by molar-refractivity contribution is 0.598. The molecule has 1 heterocycles. The Bertz CT molecular complexity index is 1040. The standard InChI is InChI=1S/C18H19N5O2S2/c1-13-2-4-14(5-3-13)11-23-12-16(10-20-23)22-18(26)21-15-6-8-17(9-7-15)27(19,24)25/h2-10,12H,11H2,1H3,(H2,19,24,25)(H2,21,22,26). The Morgan fingerprint density at radius 3 is 2.33 bits per heavy atom. The summed E-state index contributed by atoms with van der Waals surface area (Å²) in [5, 5.41) is 15.8. The van der Waals surface area contributed by atoms with Gasteiger partial charge in [0, 0.05) is 11.9 Å². The van der Waals surface area contributed by atoms with Gasteiger partial charge in [-0.15, -0.1) is 0 Å². The highest BCUT2D eigenvalue weighted by atomic mass is 32.2. The molecule has 9 heteroatoms. The fourth-order valence-electron chi connectivity index (χ4n) is 2.42. The quantitative estimate of drug-likeness (QED) is 0.568. The zero-order chi connectivity index (χ0) is 19.4. The van der Waals surface area contributed by atoms with E-state index in [4.69, 9.17) is 17.4 Å². The van der Waals surface area contributed by atoms with E-state index in [0.29, 0.717) is 17.3 Å². The largest absolute Gasteiger partial charge is 0.332 e. The van der Waals surface area contributed by atoms with Crippen molar-refractivity contribution in [2.45, 2.75) is 18.4 Å². The van der Waals surface area contributed by atoms with Crippen LogP contribution in [0.1, 0.15) is 11.1 Å². The predicted octanol–water partition coefficient (Wildman–Crippen LogP) is 2.70. The summed E-state index contributed by atoms with van der Waals surface area (Å²) in [4.78, 5) is 0.0457. The Morgan fingerprint density at radius 1 is 1.07 bits per heavy atom. The van der Waals surface area contributed by atoms with E-state index in [2.05, 4.69) is 46.9 Å². The van der Waals surface area contributed by atoms with E-state index in [1.165, 1.54) is 17.7 Å². The number of nitrogens with zero attached hydrogens (tertiary/aromatic N) is 2. The first-order valence-electron chi connectivity index (χ1n) is 8.08.